The molecule has 2 aliphatic rings. The Labute approximate surface area is 205 Å². The van der Waals surface area contributed by atoms with Crippen LogP contribution in [-0.4, -0.2) is 65.7 Å². The summed E-state index contributed by atoms with van der Waals surface area (Å²) in [7, 11) is 1.88. The average Bonchev–Trinajstić information content (AvgIpc) is 2.83. The van der Waals surface area contributed by atoms with Gasteiger partial charge in [0.15, 0.2) is 0 Å². The van der Waals surface area contributed by atoms with E-state index in [-0.39, 0.29) is 37.4 Å². The number of carbonyl (C=O) groups excluding carboxylic acids is 1. The first kappa shape index (κ1) is 24.0. The number of aryl methyl sites for hydroxylation is 1. The Balaban J connectivity index is 1.62. The first-order valence-electron chi connectivity index (χ1n) is 11.5. The highest BCUT2D eigenvalue weighted by Gasteiger charge is 2.36. The molecule has 2 aromatic heterocycles. The van der Waals surface area contributed by atoms with Crippen LogP contribution in [0.25, 0.3) is 10.9 Å². The van der Waals surface area contributed by atoms with Gasteiger partial charge in [-0.05, 0) is 33.0 Å². The van der Waals surface area contributed by atoms with Crippen LogP contribution in [0.3, 0.4) is 0 Å². The second kappa shape index (κ2) is 9.08. The van der Waals surface area contributed by atoms with E-state index in [1.165, 1.54) is 6.07 Å². The van der Waals surface area contributed by atoms with Gasteiger partial charge < -0.3 is 14.8 Å². The first-order valence-corrected chi connectivity index (χ1v) is 11.5. The van der Waals surface area contributed by atoms with Gasteiger partial charge in [-0.15, -0.1) is 0 Å². The van der Waals surface area contributed by atoms with Gasteiger partial charge in [0.1, 0.15) is 36.1 Å². The number of likely N-dealkylation sites (N-methyl/N-ethyl adjacent to an activating group) is 1. The van der Waals surface area contributed by atoms with Crippen molar-refractivity contribution in [1.82, 2.24) is 19.9 Å². The standard InChI is InChI=1S/C24H25F3N6O3/c1-13-15-5-4-6-17(24(25,26)27)21(15)35-9-10-36-23-30-20-14(2)28-18(11-16(20)22(29-13)31-23)33-8-7-32(3)12-19(33)34/h4-6,11,13H,7-10,12H2,1-3H3,(H,29,30,31)/t13-/m1/s1. The Hall–Kier alpha value is -3.67. The summed E-state index contributed by atoms with van der Waals surface area (Å²) in [5.74, 6) is 0.511. The SMILES string of the molecule is Cc1nc(N2CCN(C)CC2=O)cc2c3nc(nc12)OCCOc1c(cccc1C(F)(F)F)[C@@H](C)N3. The van der Waals surface area contributed by atoms with Crippen molar-refractivity contribution in [2.45, 2.75) is 26.1 Å². The normalized spacial score (nSPS) is 19.1. The maximum Gasteiger partial charge on any atom is 0.419 e. The van der Waals surface area contributed by atoms with Crippen molar-refractivity contribution < 1.29 is 27.4 Å². The van der Waals surface area contributed by atoms with Gasteiger partial charge in [-0.3, -0.25) is 14.6 Å². The molecule has 1 atom stereocenters. The molecule has 1 aromatic carbocycles. The molecule has 2 aliphatic heterocycles. The second-order valence-corrected chi connectivity index (χ2v) is 8.88. The quantitative estimate of drug-likeness (QED) is 0.540. The average molecular weight is 502 g/mol. The van der Waals surface area contributed by atoms with E-state index in [1.807, 2.05) is 11.9 Å². The highest BCUT2D eigenvalue weighted by atomic mass is 19.4. The predicted molar refractivity (Wildman–Crippen MR) is 126 cm³/mol. The summed E-state index contributed by atoms with van der Waals surface area (Å²) in [6, 6.07) is 5.12. The van der Waals surface area contributed by atoms with Gasteiger partial charge in [0, 0.05) is 24.0 Å². The smallest absolute Gasteiger partial charge is 0.419 e. The molecule has 0 unspecified atom stereocenters. The zero-order chi connectivity index (χ0) is 25.6. The predicted octanol–water partition coefficient (Wildman–Crippen LogP) is 3.57. The van der Waals surface area contributed by atoms with Crippen LogP contribution in [0.15, 0.2) is 24.3 Å². The van der Waals surface area contributed by atoms with E-state index in [1.54, 1.807) is 30.9 Å². The van der Waals surface area contributed by atoms with Gasteiger partial charge in [-0.1, -0.05) is 12.1 Å². The van der Waals surface area contributed by atoms with Crippen LogP contribution in [0.1, 0.15) is 29.8 Å². The first-order chi connectivity index (χ1) is 17.1. The number of anilines is 2. The van der Waals surface area contributed by atoms with Crippen molar-refractivity contribution in [2.75, 3.05) is 50.1 Å². The summed E-state index contributed by atoms with van der Waals surface area (Å²) in [5, 5.41) is 3.80. The lowest BCUT2D eigenvalue weighted by Crippen LogP contribution is -2.49. The summed E-state index contributed by atoms with van der Waals surface area (Å²) in [6.07, 6.45) is -4.58. The summed E-state index contributed by atoms with van der Waals surface area (Å²) >= 11 is 0. The van der Waals surface area contributed by atoms with Gasteiger partial charge in [0.25, 0.3) is 0 Å². The zero-order valence-electron chi connectivity index (χ0n) is 20.0. The minimum absolute atomic E-state index is 0.0503. The maximum absolute atomic E-state index is 13.7. The van der Waals surface area contributed by atoms with Crippen molar-refractivity contribution >= 4 is 28.4 Å². The molecule has 190 valence electrons. The number of amides is 1. The third kappa shape index (κ3) is 4.48. The molecule has 3 aromatic rings. The number of benzene rings is 1. The molecule has 0 radical (unpaired) electrons. The van der Waals surface area contributed by atoms with Crippen LogP contribution in [0, 0.1) is 6.92 Å². The molecule has 9 nitrogen and oxygen atoms in total. The van der Waals surface area contributed by atoms with Crippen LogP contribution in [0.5, 0.6) is 11.8 Å². The van der Waals surface area contributed by atoms with Crippen LogP contribution in [0.4, 0.5) is 24.8 Å². The van der Waals surface area contributed by atoms with Gasteiger partial charge >= 0.3 is 12.2 Å². The number of hydrogen-bond acceptors (Lipinski definition) is 8. The minimum atomic E-state index is -4.58. The second-order valence-electron chi connectivity index (χ2n) is 8.88. The molecule has 36 heavy (non-hydrogen) atoms. The van der Waals surface area contributed by atoms with Gasteiger partial charge in [0.05, 0.1) is 23.8 Å². The van der Waals surface area contributed by atoms with Crippen molar-refractivity contribution in [3.63, 3.8) is 0 Å². The van der Waals surface area contributed by atoms with E-state index < -0.39 is 17.8 Å². The van der Waals surface area contributed by atoms with Gasteiger partial charge in [0.2, 0.25) is 5.91 Å². The van der Waals surface area contributed by atoms with E-state index in [2.05, 4.69) is 20.3 Å². The van der Waals surface area contributed by atoms with Crippen molar-refractivity contribution in [2.24, 2.45) is 0 Å². The largest absolute Gasteiger partial charge is 0.489 e. The molecule has 1 N–H and O–H groups in total. The molecule has 1 amide bonds. The molecular formula is C24H25F3N6O3. The van der Waals surface area contributed by atoms with Gasteiger partial charge in [-0.25, -0.2) is 4.98 Å². The summed E-state index contributed by atoms with van der Waals surface area (Å²) in [4.78, 5) is 29.8. The summed E-state index contributed by atoms with van der Waals surface area (Å²) < 4.78 is 52.3. The molecule has 2 bridgehead atoms. The van der Waals surface area contributed by atoms with Crippen LogP contribution in [0.2, 0.25) is 0 Å². The summed E-state index contributed by atoms with van der Waals surface area (Å²) in [5.41, 5.74) is 0.569. The fourth-order valence-electron chi connectivity index (χ4n) is 4.43. The number of aromatic nitrogens is 3. The number of piperazine rings is 1. The van der Waals surface area contributed by atoms with Crippen LogP contribution in [-0.2, 0) is 11.0 Å². The van der Waals surface area contributed by atoms with Crippen molar-refractivity contribution in [3.05, 3.63) is 41.1 Å². The topological polar surface area (TPSA) is 92.7 Å². The maximum atomic E-state index is 13.7. The Morgan fingerprint density at radius 2 is 1.89 bits per heavy atom. The number of hydrogen-bond donors (Lipinski definition) is 1. The monoisotopic (exact) mass is 502 g/mol. The molecule has 0 saturated carbocycles. The molecular weight excluding hydrogens is 477 g/mol. The highest BCUT2D eigenvalue weighted by molar-refractivity contribution is 5.99. The Bertz CT molecular complexity index is 1330. The number of para-hydroxylation sites is 1. The molecule has 12 heteroatoms. The van der Waals surface area contributed by atoms with Gasteiger partial charge in [-0.2, -0.15) is 23.1 Å². The third-order valence-corrected chi connectivity index (χ3v) is 6.24. The van der Waals surface area contributed by atoms with E-state index >= 15 is 0 Å². The number of pyridine rings is 1. The number of nitrogens with zero attached hydrogens (tertiary/aromatic N) is 5. The Kier molecular flexibility index (Phi) is 6.07. The van der Waals surface area contributed by atoms with E-state index in [4.69, 9.17) is 9.47 Å². The molecule has 5 rings (SSSR count). The minimum Gasteiger partial charge on any atom is -0.489 e. The fourth-order valence-corrected chi connectivity index (χ4v) is 4.43. The summed E-state index contributed by atoms with van der Waals surface area (Å²) in [6.45, 7) is 4.81. The lowest BCUT2D eigenvalue weighted by molar-refractivity contribution is -0.139. The Morgan fingerprint density at radius 3 is 2.64 bits per heavy atom. The number of carbonyl (C=O) groups is 1. The Morgan fingerprint density at radius 1 is 1.11 bits per heavy atom. The molecule has 1 saturated heterocycles. The van der Waals surface area contributed by atoms with E-state index in [0.29, 0.717) is 46.9 Å². The van der Waals surface area contributed by atoms with E-state index in [0.717, 1.165) is 6.07 Å². The number of alkyl halides is 3. The molecule has 4 heterocycles. The highest BCUT2D eigenvalue weighted by Crippen LogP contribution is 2.41. The van der Waals surface area contributed by atoms with E-state index in [9.17, 15) is 18.0 Å². The number of nitrogens with one attached hydrogen (secondary N) is 1. The lowest BCUT2D eigenvalue weighted by atomic mass is 10.0. The van der Waals surface area contributed by atoms with Crippen molar-refractivity contribution in [1.29, 1.82) is 0 Å². The van der Waals surface area contributed by atoms with Crippen molar-refractivity contribution in [3.8, 4) is 11.8 Å². The number of rotatable bonds is 1. The number of fused-ring (bicyclic) bond motifs is 5. The van der Waals surface area contributed by atoms with Crippen LogP contribution < -0.4 is 19.7 Å². The lowest BCUT2D eigenvalue weighted by Gasteiger charge is -2.31. The number of halogens is 3. The molecule has 0 spiro atoms. The zero-order valence-corrected chi connectivity index (χ0v) is 20.0. The third-order valence-electron chi connectivity index (χ3n) is 6.24. The molecule has 0 aliphatic carbocycles. The fraction of sp³-hybridized carbons (Fsp3) is 0.417. The molecule has 1 fully saturated rings. The number of ether oxygens (including phenoxy) is 2. The van der Waals surface area contributed by atoms with Crippen LogP contribution >= 0.6 is 0 Å².